The van der Waals surface area contributed by atoms with Gasteiger partial charge in [0, 0.05) is 19.2 Å². The Balaban J connectivity index is 1.63. The Labute approximate surface area is 179 Å². The van der Waals surface area contributed by atoms with E-state index in [0.29, 0.717) is 32.6 Å². The van der Waals surface area contributed by atoms with Crippen molar-refractivity contribution in [3.8, 4) is 0 Å². The van der Waals surface area contributed by atoms with E-state index in [9.17, 15) is 9.59 Å². The zero-order valence-corrected chi connectivity index (χ0v) is 17.9. The lowest BCUT2D eigenvalue weighted by Gasteiger charge is -2.28. The number of esters is 1. The van der Waals surface area contributed by atoms with Crippen LogP contribution in [0, 0.1) is 5.41 Å². The molecular formula is C25H31NO4. The Kier molecular flexibility index (Phi) is 7.77. The summed E-state index contributed by atoms with van der Waals surface area (Å²) in [5, 5.41) is 0. The molecule has 0 saturated carbocycles. The number of likely N-dealkylation sites (tertiary alicyclic amines) is 1. The number of hydrogen-bond donors (Lipinski definition) is 0. The van der Waals surface area contributed by atoms with Gasteiger partial charge in [-0.3, -0.25) is 14.5 Å². The van der Waals surface area contributed by atoms with Gasteiger partial charge in [-0.2, -0.15) is 0 Å². The number of nitrogens with zero attached hydrogens (tertiary/aromatic N) is 1. The first-order valence-electron chi connectivity index (χ1n) is 10.7. The first kappa shape index (κ1) is 22.2. The van der Waals surface area contributed by atoms with Gasteiger partial charge < -0.3 is 9.47 Å². The molecule has 0 N–H and O–H groups in total. The van der Waals surface area contributed by atoms with Gasteiger partial charge in [0.15, 0.2) is 5.78 Å². The van der Waals surface area contributed by atoms with Gasteiger partial charge >= 0.3 is 5.97 Å². The standard InChI is InChI=1S/C25H31NO4/c1-3-30-24(28)25(15-10-16-29-18-21-11-6-4-7-12-21)19-26(17-23(25)27)20(2)22-13-8-5-9-14-22/h4-9,11-14,20H,3,10,15-19H2,1-2H3. The predicted molar refractivity (Wildman–Crippen MR) is 116 cm³/mol. The maximum Gasteiger partial charge on any atom is 0.321 e. The lowest BCUT2D eigenvalue weighted by atomic mass is 9.81. The quantitative estimate of drug-likeness (QED) is 0.335. The average Bonchev–Trinajstić information content (AvgIpc) is 3.12. The van der Waals surface area contributed by atoms with E-state index in [1.807, 2.05) is 48.5 Å². The lowest BCUT2D eigenvalue weighted by molar-refractivity contribution is -0.158. The van der Waals surface area contributed by atoms with Crippen LogP contribution in [0.25, 0.3) is 0 Å². The molecule has 5 nitrogen and oxygen atoms in total. The third kappa shape index (κ3) is 5.15. The number of ketones is 1. The molecule has 2 atom stereocenters. The number of hydrogen-bond acceptors (Lipinski definition) is 5. The van der Waals surface area contributed by atoms with E-state index in [4.69, 9.17) is 9.47 Å². The van der Waals surface area contributed by atoms with Crippen LogP contribution in [0.15, 0.2) is 60.7 Å². The maximum absolute atomic E-state index is 13.1. The number of Topliss-reactive ketones (excluding diaryl/α,β-unsaturated/α-hetero) is 1. The molecule has 5 heteroatoms. The Hall–Kier alpha value is -2.50. The molecule has 1 heterocycles. The Bertz CT molecular complexity index is 824. The predicted octanol–water partition coefficient (Wildman–Crippen LogP) is 4.18. The van der Waals surface area contributed by atoms with E-state index in [1.54, 1.807) is 6.92 Å². The summed E-state index contributed by atoms with van der Waals surface area (Å²) in [6.07, 6.45) is 1.07. The van der Waals surface area contributed by atoms with Crippen molar-refractivity contribution in [1.29, 1.82) is 0 Å². The summed E-state index contributed by atoms with van der Waals surface area (Å²) in [6, 6.07) is 20.1. The van der Waals surface area contributed by atoms with Crippen molar-refractivity contribution in [2.45, 2.75) is 39.3 Å². The topological polar surface area (TPSA) is 55.8 Å². The lowest BCUT2D eigenvalue weighted by Crippen LogP contribution is -2.41. The molecule has 2 aromatic carbocycles. The summed E-state index contributed by atoms with van der Waals surface area (Å²) in [5.41, 5.74) is 1.14. The van der Waals surface area contributed by atoms with Crippen LogP contribution in [0.3, 0.4) is 0 Å². The van der Waals surface area contributed by atoms with Gasteiger partial charge in [-0.05, 0) is 37.8 Å². The average molecular weight is 410 g/mol. The second kappa shape index (κ2) is 10.5. The van der Waals surface area contributed by atoms with Crippen molar-refractivity contribution in [2.24, 2.45) is 5.41 Å². The number of carbonyl (C=O) groups is 2. The number of rotatable bonds is 10. The summed E-state index contributed by atoms with van der Waals surface area (Å²) in [6.45, 7) is 5.80. The van der Waals surface area contributed by atoms with Crippen LogP contribution in [0.2, 0.25) is 0 Å². The molecule has 0 bridgehead atoms. The fourth-order valence-corrected chi connectivity index (χ4v) is 4.05. The van der Waals surface area contributed by atoms with E-state index in [-0.39, 0.29) is 25.0 Å². The number of benzene rings is 2. The second-order valence-corrected chi connectivity index (χ2v) is 7.86. The van der Waals surface area contributed by atoms with Gasteiger partial charge in [-0.25, -0.2) is 0 Å². The molecule has 2 unspecified atom stereocenters. The van der Waals surface area contributed by atoms with E-state index >= 15 is 0 Å². The summed E-state index contributed by atoms with van der Waals surface area (Å²) in [4.78, 5) is 28.0. The minimum atomic E-state index is -1.10. The summed E-state index contributed by atoms with van der Waals surface area (Å²) in [5.74, 6) is -0.451. The molecule has 3 rings (SSSR count). The fraction of sp³-hybridized carbons (Fsp3) is 0.440. The zero-order valence-electron chi connectivity index (χ0n) is 17.9. The third-order valence-electron chi connectivity index (χ3n) is 5.85. The Morgan fingerprint density at radius 2 is 1.77 bits per heavy atom. The van der Waals surface area contributed by atoms with Crippen LogP contribution in [0.5, 0.6) is 0 Å². The van der Waals surface area contributed by atoms with Crippen molar-refractivity contribution >= 4 is 11.8 Å². The molecule has 1 aliphatic rings. The number of ether oxygens (including phenoxy) is 2. The van der Waals surface area contributed by atoms with Gasteiger partial charge in [0.2, 0.25) is 0 Å². The molecule has 1 fully saturated rings. The minimum absolute atomic E-state index is 0.0493. The van der Waals surface area contributed by atoms with Crippen LogP contribution in [-0.2, 0) is 25.7 Å². The fourth-order valence-electron chi connectivity index (χ4n) is 4.05. The zero-order chi connectivity index (χ0) is 21.4. The van der Waals surface area contributed by atoms with E-state index in [2.05, 4.69) is 24.0 Å². The van der Waals surface area contributed by atoms with Gasteiger partial charge in [-0.1, -0.05) is 60.7 Å². The van der Waals surface area contributed by atoms with Crippen molar-refractivity contribution < 1.29 is 19.1 Å². The van der Waals surface area contributed by atoms with E-state index in [0.717, 1.165) is 11.1 Å². The molecule has 0 amide bonds. The SMILES string of the molecule is CCOC(=O)C1(CCCOCc2ccccc2)CN(C(C)c2ccccc2)CC1=O. The monoisotopic (exact) mass is 409 g/mol. The normalized spacial score (nSPS) is 20.3. The van der Waals surface area contributed by atoms with E-state index in [1.165, 1.54) is 0 Å². The summed E-state index contributed by atoms with van der Waals surface area (Å²) < 4.78 is 11.1. The van der Waals surface area contributed by atoms with Crippen LogP contribution >= 0.6 is 0 Å². The molecule has 0 radical (unpaired) electrons. The van der Waals surface area contributed by atoms with Crippen molar-refractivity contribution in [1.82, 2.24) is 4.90 Å². The van der Waals surface area contributed by atoms with Crippen molar-refractivity contribution in [2.75, 3.05) is 26.3 Å². The third-order valence-corrected chi connectivity index (χ3v) is 5.85. The number of carbonyl (C=O) groups excluding carboxylic acids is 2. The highest BCUT2D eigenvalue weighted by molar-refractivity contribution is 6.06. The second-order valence-electron chi connectivity index (χ2n) is 7.86. The van der Waals surface area contributed by atoms with Crippen LogP contribution < -0.4 is 0 Å². The van der Waals surface area contributed by atoms with E-state index < -0.39 is 11.4 Å². The molecular weight excluding hydrogens is 378 g/mol. The van der Waals surface area contributed by atoms with Crippen molar-refractivity contribution in [3.63, 3.8) is 0 Å². The van der Waals surface area contributed by atoms with Crippen LogP contribution in [0.4, 0.5) is 0 Å². The van der Waals surface area contributed by atoms with Crippen LogP contribution in [-0.4, -0.2) is 43.0 Å². The first-order chi connectivity index (χ1) is 14.6. The van der Waals surface area contributed by atoms with Crippen molar-refractivity contribution in [3.05, 3.63) is 71.8 Å². The summed E-state index contributed by atoms with van der Waals surface area (Å²) in [7, 11) is 0. The van der Waals surface area contributed by atoms with Gasteiger partial charge in [0.25, 0.3) is 0 Å². The van der Waals surface area contributed by atoms with Gasteiger partial charge in [-0.15, -0.1) is 0 Å². The highest BCUT2D eigenvalue weighted by Crippen LogP contribution is 2.38. The molecule has 2 aromatic rings. The molecule has 30 heavy (non-hydrogen) atoms. The smallest absolute Gasteiger partial charge is 0.321 e. The first-order valence-corrected chi connectivity index (χ1v) is 10.7. The summed E-state index contributed by atoms with van der Waals surface area (Å²) >= 11 is 0. The molecule has 1 saturated heterocycles. The highest BCUT2D eigenvalue weighted by atomic mass is 16.5. The Morgan fingerprint density at radius 1 is 1.10 bits per heavy atom. The minimum Gasteiger partial charge on any atom is -0.465 e. The molecule has 160 valence electrons. The largest absolute Gasteiger partial charge is 0.465 e. The molecule has 0 aliphatic carbocycles. The highest BCUT2D eigenvalue weighted by Gasteiger charge is 2.53. The van der Waals surface area contributed by atoms with Crippen LogP contribution in [0.1, 0.15) is 43.9 Å². The molecule has 1 aliphatic heterocycles. The van der Waals surface area contributed by atoms with Gasteiger partial charge in [0.05, 0.1) is 19.8 Å². The Morgan fingerprint density at radius 3 is 2.43 bits per heavy atom. The van der Waals surface area contributed by atoms with Gasteiger partial charge in [0.1, 0.15) is 5.41 Å². The molecule has 0 spiro atoms. The maximum atomic E-state index is 13.1. The molecule has 0 aromatic heterocycles.